The Balaban J connectivity index is 1.94. The number of hydrogen-bond donors (Lipinski definition) is 3. The topological polar surface area (TPSA) is 70.2 Å². The maximum Gasteiger partial charge on any atom is 0.323 e. The summed E-state index contributed by atoms with van der Waals surface area (Å²) in [5, 5.41) is 8.35. The van der Waals surface area contributed by atoms with E-state index in [0.717, 1.165) is 17.7 Å². The molecule has 5 nitrogen and oxygen atoms in total. The standard InChI is InChI=1S/C18H21N3O2/c1-3-12-19-17(22)14-8-10-15(11-9-14)20-18(23)21-16-7-5-4-6-13(16)2/h4-11H,3,12H2,1-2H3,(H,19,22)(H2,20,21,23). The maximum absolute atomic E-state index is 12.0. The molecule has 23 heavy (non-hydrogen) atoms. The first-order chi connectivity index (χ1) is 11.1. The van der Waals surface area contributed by atoms with Gasteiger partial charge in [-0.1, -0.05) is 25.1 Å². The Hall–Kier alpha value is -2.82. The monoisotopic (exact) mass is 311 g/mol. The largest absolute Gasteiger partial charge is 0.352 e. The molecule has 2 aromatic carbocycles. The van der Waals surface area contributed by atoms with Gasteiger partial charge in [0.1, 0.15) is 0 Å². The van der Waals surface area contributed by atoms with Gasteiger partial charge in [0.15, 0.2) is 0 Å². The fourth-order valence-electron chi connectivity index (χ4n) is 2.04. The van der Waals surface area contributed by atoms with E-state index in [9.17, 15) is 9.59 Å². The third kappa shape index (κ3) is 4.85. The van der Waals surface area contributed by atoms with Gasteiger partial charge in [0.25, 0.3) is 5.91 Å². The van der Waals surface area contributed by atoms with Crippen molar-refractivity contribution >= 4 is 23.3 Å². The van der Waals surface area contributed by atoms with Crippen LogP contribution in [0.3, 0.4) is 0 Å². The summed E-state index contributed by atoms with van der Waals surface area (Å²) in [7, 11) is 0. The molecule has 0 atom stereocenters. The van der Waals surface area contributed by atoms with Gasteiger partial charge in [-0.05, 0) is 49.2 Å². The molecule has 2 rings (SSSR count). The van der Waals surface area contributed by atoms with Gasteiger partial charge < -0.3 is 16.0 Å². The van der Waals surface area contributed by atoms with Crippen LogP contribution in [0.1, 0.15) is 29.3 Å². The molecular formula is C18H21N3O2. The SMILES string of the molecule is CCCNC(=O)c1ccc(NC(=O)Nc2ccccc2C)cc1. The number of carbonyl (C=O) groups is 2. The Morgan fingerprint density at radius 3 is 2.30 bits per heavy atom. The number of nitrogens with one attached hydrogen (secondary N) is 3. The van der Waals surface area contributed by atoms with E-state index in [4.69, 9.17) is 0 Å². The molecule has 0 fully saturated rings. The lowest BCUT2D eigenvalue weighted by Gasteiger charge is -2.10. The molecule has 0 saturated carbocycles. The summed E-state index contributed by atoms with van der Waals surface area (Å²) in [5.74, 6) is -0.109. The molecule has 0 heterocycles. The minimum atomic E-state index is -0.317. The second-order valence-electron chi connectivity index (χ2n) is 5.23. The highest BCUT2D eigenvalue weighted by atomic mass is 16.2. The predicted molar refractivity (Wildman–Crippen MR) is 92.9 cm³/mol. The molecule has 0 saturated heterocycles. The number of anilines is 2. The van der Waals surface area contributed by atoms with Gasteiger partial charge in [0, 0.05) is 23.5 Å². The minimum absolute atomic E-state index is 0.109. The molecule has 0 spiro atoms. The Bertz CT molecular complexity index is 681. The molecule has 3 N–H and O–H groups in total. The van der Waals surface area contributed by atoms with Crippen molar-refractivity contribution in [2.75, 3.05) is 17.2 Å². The molecule has 0 aliphatic carbocycles. The molecular weight excluding hydrogens is 290 g/mol. The smallest absolute Gasteiger partial charge is 0.323 e. The molecule has 120 valence electrons. The van der Waals surface area contributed by atoms with Crippen molar-refractivity contribution in [3.8, 4) is 0 Å². The summed E-state index contributed by atoms with van der Waals surface area (Å²) < 4.78 is 0. The summed E-state index contributed by atoms with van der Waals surface area (Å²) in [5.41, 5.74) is 2.96. The van der Waals surface area contributed by atoms with Gasteiger partial charge in [-0.25, -0.2) is 4.79 Å². The molecule has 2 aromatic rings. The summed E-state index contributed by atoms with van der Waals surface area (Å²) in [6, 6.07) is 14.0. The quantitative estimate of drug-likeness (QED) is 0.786. The van der Waals surface area contributed by atoms with Crippen molar-refractivity contribution in [3.63, 3.8) is 0 Å². The number of amides is 3. The third-order valence-corrected chi connectivity index (χ3v) is 3.33. The molecule has 0 aliphatic heterocycles. The number of benzene rings is 2. The van der Waals surface area contributed by atoms with Crippen LogP contribution in [0.2, 0.25) is 0 Å². The van der Waals surface area contributed by atoms with Gasteiger partial charge in [0.2, 0.25) is 0 Å². The third-order valence-electron chi connectivity index (χ3n) is 3.33. The van der Waals surface area contributed by atoms with E-state index in [1.54, 1.807) is 24.3 Å². The average molecular weight is 311 g/mol. The van der Waals surface area contributed by atoms with Crippen LogP contribution in [-0.4, -0.2) is 18.5 Å². The number of para-hydroxylation sites is 1. The van der Waals surface area contributed by atoms with Crippen molar-refractivity contribution in [1.29, 1.82) is 0 Å². The van der Waals surface area contributed by atoms with E-state index in [1.807, 2.05) is 38.1 Å². The van der Waals surface area contributed by atoms with Gasteiger partial charge in [-0.15, -0.1) is 0 Å². The predicted octanol–water partition coefficient (Wildman–Crippen LogP) is 3.78. The highest BCUT2D eigenvalue weighted by molar-refractivity contribution is 6.00. The van der Waals surface area contributed by atoms with E-state index < -0.39 is 0 Å². The summed E-state index contributed by atoms with van der Waals surface area (Å²) in [6.07, 6.45) is 0.893. The average Bonchev–Trinajstić information content (AvgIpc) is 2.55. The molecule has 0 bridgehead atoms. The van der Waals surface area contributed by atoms with Crippen molar-refractivity contribution in [2.45, 2.75) is 20.3 Å². The Labute approximate surface area is 136 Å². The fraction of sp³-hybridized carbons (Fsp3) is 0.222. The lowest BCUT2D eigenvalue weighted by Crippen LogP contribution is -2.24. The van der Waals surface area contributed by atoms with E-state index in [1.165, 1.54) is 0 Å². The molecule has 0 radical (unpaired) electrons. The van der Waals surface area contributed by atoms with Crippen LogP contribution in [0, 0.1) is 6.92 Å². The highest BCUT2D eigenvalue weighted by Gasteiger charge is 2.07. The van der Waals surface area contributed by atoms with Crippen molar-refractivity contribution in [1.82, 2.24) is 5.32 Å². The van der Waals surface area contributed by atoms with E-state index in [2.05, 4.69) is 16.0 Å². The van der Waals surface area contributed by atoms with Crippen molar-refractivity contribution in [3.05, 3.63) is 59.7 Å². The van der Waals surface area contributed by atoms with Crippen LogP contribution in [0.4, 0.5) is 16.2 Å². The maximum atomic E-state index is 12.0. The Kier molecular flexibility index (Phi) is 5.74. The zero-order chi connectivity index (χ0) is 16.7. The molecule has 0 aromatic heterocycles. The molecule has 5 heteroatoms. The first kappa shape index (κ1) is 16.5. The highest BCUT2D eigenvalue weighted by Crippen LogP contribution is 2.14. The number of carbonyl (C=O) groups excluding carboxylic acids is 2. The zero-order valence-electron chi connectivity index (χ0n) is 13.3. The molecule has 0 aliphatic rings. The zero-order valence-corrected chi connectivity index (χ0v) is 13.3. The lowest BCUT2D eigenvalue weighted by molar-refractivity contribution is 0.0953. The second-order valence-corrected chi connectivity index (χ2v) is 5.23. The number of rotatable bonds is 5. The van der Waals surface area contributed by atoms with Crippen LogP contribution in [0.5, 0.6) is 0 Å². The van der Waals surface area contributed by atoms with Crippen LogP contribution >= 0.6 is 0 Å². The number of urea groups is 1. The summed E-state index contributed by atoms with van der Waals surface area (Å²) in [6.45, 7) is 4.58. The minimum Gasteiger partial charge on any atom is -0.352 e. The number of aryl methyl sites for hydroxylation is 1. The normalized spacial score (nSPS) is 10.0. The molecule has 0 unspecified atom stereocenters. The van der Waals surface area contributed by atoms with E-state index in [0.29, 0.717) is 17.8 Å². The first-order valence-electron chi connectivity index (χ1n) is 7.62. The van der Waals surface area contributed by atoms with E-state index in [-0.39, 0.29) is 11.9 Å². The Morgan fingerprint density at radius 2 is 1.65 bits per heavy atom. The lowest BCUT2D eigenvalue weighted by atomic mass is 10.2. The fourth-order valence-corrected chi connectivity index (χ4v) is 2.04. The summed E-state index contributed by atoms with van der Waals surface area (Å²) in [4.78, 5) is 23.8. The van der Waals surface area contributed by atoms with Crippen molar-refractivity contribution < 1.29 is 9.59 Å². The van der Waals surface area contributed by atoms with Crippen LogP contribution in [0.25, 0.3) is 0 Å². The summed E-state index contributed by atoms with van der Waals surface area (Å²) >= 11 is 0. The van der Waals surface area contributed by atoms with Gasteiger partial charge >= 0.3 is 6.03 Å². The second kappa shape index (κ2) is 7.98. The van der Waals surface area contributed by atoms with Crippen LogP contribution in [0.15, 0.2) is 48.5 Å². The van der Waals surface area contributed by atoms with Gasteiger partial charge in [-0.3, -0.25) is 4.79 Å². The van der Waals surface area contributed by atoms with E-state index >= 15 is 0 Å². The van der Waals surface area contributed by atoms with Gasteiger partial charge in [-0.2, -0.15) is 0 Å². The Morgan fingerprint density at radius 1 is 0.957 bits per heavy atom. The van der Waals surface area contributed by atoms with Crippen LogP contribution < -0.4 is 16.0 Å². The van der Waals surface area contributed by atoms with Crippen LogP contribution in [-0.2, 0) is 0 Å². The first-order valence-corrected chi connectivity index (χ1v) is 7.62. The molecule has 3 amide bonds. The number of hydrogen-bond acceptors (Lipinski definition) is 2. The van der Waals surface area contributed by atoms with Crippen molar-refractivity contribution in [2.24, 2.45) is 0 Å². The van der Waals surface area contributed by atoms with Gasteiger partial charge in [0.05, 0.1) is 0 Å².